The van der Waals surface area contributed by atoms with Gasteiger partial charge in [0.2, 0.25) is 0 Å². The highest BCUT2D eigenvalue weighted by atomic mass is 35.5. The third-order valence-electron chi connectivity index (χ3n) is 4.48. The highest BCUT2D eigenvalue weighted by Gasteiger charge is 2.28. The number of ether oxygens (including phenoxy) is 1. The molecule has 30 heavy (non-hydrogen) atoms. The molecule has 1 amide bonds. The lowest BCUT2D eigenvalue weighted by Crippen LogP contribution is -2.31. The van der Waals surface area contributed by atoms with Crippen LogP contribution in [0, 0.1) is 6.92 Å². The van der Waals surface area contributed by atoms with E-state index in [0.717, 1.165) is 16.8 Å². The number of aryl methyl sites for hydroxylation is 1. The van der Waals surface area contributed by atoms with E-state index in [4.69, 9.17) is 32.4 Å². The lowest BCUT2D eigenvalue weighted by Gasteiger charge is -2.16. The van der Waals surface area contributed by atoms with Crippen molar-refractivity contribution >= 4 is 52.6 Å². The predicted molar refractivity (Wildman–Crippen MR) is 123 cm³/mol. The molecule has 2 aromatic carbocycles. The van der Waals surface area contributed by atoms with Crippen LogP contribution in [-0.4, -0.2) is 18.5 Å². The quantitative estimate of drug-likeness (QED) is 0.445. The Bertz CT molecular complexity index is 1140. The van der Waals surface area contributed by atoms with Gasteiger partial charge < -0.3 is 19.8 Å². The van der Waals surface area contributed by atoms with E-state index in [9.17, 15) is 4.79 Å². The zero-order chi connectivity index (χ0) is 21.3. The second-order valence-corrected chi connectivity index (χ2v) is 8.62. The second kappa shape index (κ2) is 8.68. The monoisotopic (exact) mass is 460 g/mol. The van der Waals surface area contributed by atoms with Gasteiger partial charge in [-0.2, -0.15) is 0 Å². The molecule has 0 spiro atoms. The molecule has 2 heterocycles. The van der Waals surface area contributed by atoms with E-state index in [1.165, 1.54) is 11.8 Å². The average Bonchev–Trinajstić information content (AvgIpc) is 3.31. The normalized spacial score (nSPS) is 17.3. The minimum atomic E-state index is -0.316. The Balaban J connectivity index is 1.50. The molecule has 0 bridgehead atoms. The Hall–Kier alpha value is -2.54. The molecule has 1 saturated heterocycles. The maximum absolute atomic E-state index is 12.4. The zero-order valence-corrected chi connectivity index (χ0v) is 18.5. The summed E-state index contributed by atoms with van der Waals surface area (Å²) in [7, 11) is 1.61. The standard InChI is InChI=1S/C22H18Cl2N2O3S/c1-12-3-7-19(28-2)17(9-12)25-22-26-21(27)20(30-22)11-14-5-8-18(29-14)13-4-6-15(23)16(24)10-13/h3-11,22,25H,1-2H3,(H,26,27)/b20-11-. The summed E-state index contributed by atoms with van der Waals surface area (Å²) in [5.41, 5.74) is 2.40. The van der Waals surface area contributed by atoms with Gasteiger partial charge >= 0.3 is 0 Å². The molecule has 8 heteroatoms. The Morgan fingerprint density at radius 1 is 1.13 bits per heavy atom. The van der Waals surface area contributed by atoms with Gasteiger partial charge in [-0.05, 0) is 55.0 Å². The van der Waals surface area contributed by atoms with Gasteiger partial charge in [0.1, 0.15) is 17.3 Å². The molecule has 0 aliphatic carbocycles. The molecule has 3 aromatic rings. The van der Waals surface area contributed by atoms with E-state index in [1.807, 2.05) is 43.3 Å². The van der Waals surface area contributed by atoms with Crippen molar-refractivity contribution in [3.8, 4) is 17.1 Å². The molecule has 154 valence electrons. The first-order valence-corrected chi connectivity index (χ1v) is 10.7. The lowest BCUT2D eigenvalue weighted by molar-refractivity contribution is -0.116. The number of anilines is 1. The summed E-state index contributed by atoms with van der Waals surface area (Å²) in [6.07, 6.45) is 1.72. The minimum Gasteiger partial charge on any atom is -0.495 e. The van der Waals surface area contributed by atoms with Crippen molar-refractivity contribution in [3.63, 3.8) is 0 Å². The number of methoxy groups -OCH3 is 1. The van der Waals surface area contributed by atoms with Crippen molar-refractivity contribution in [1.29, 1.82) is 0 Å². The van der Waals surface area contributed by atoms with Crippen LogP contribution in [0.15, 0.2) is 57.9 Å². The van der Waals surface area contributed by atoms with Crippen LogP contribution in [0.4, 0.5) is 5.69 Å². The molecule has 2 N–H and O–H groups in total. The molecular formula is C22H18Cl2N2O3S. The predicted octanol–water partition coefficient (Wildman–Crippen LogP) is 6.17. The number of benzene rings is 2. The first-order chi connectivity index (χ1) is 14.4. The number of nitrogens with one attached hydrogen (secondary N) is 2. The molecule has 1 aromatic heterocycles. The van der Waals surface area contributed by atoms with Gasteiger partial charge in [0.05, 0.1) is 27.7 Å². The van der Waals surface area contributed by atoms with Gasteiger partial charge in [0.25, 0.3) is 5.91 Å². The largest absolute Gasteiger partial charge is 0.495 e. The lowest BCUT2D eigenvalue weighted by atomic mass is 10.2. The molecule has 1 fully saturated rings. The number of hydrogen-bond donors (Lipinski definition) is 2. The fourth-order valence-electron chi connectivity index (χ4n) is 3.01. The van der Waals surface area contributed by atoms with E-state index in [0.29, 0.717) is 32.2 Å². The summed E-state index contributed by atoms with van der Waals surface area (Å²) in [4.78, 5) is 13.0. The number of halogens is 2. The number of thioether (sulfide) groups is 1. The summed E-state index contributed by atoms with van der Waals surface area (Å²) >= 11 is 13.4. The van der Waals surface area contributed by atoms with Crippen LogP contribution in [0.3, 0.4) is 0 Å². The molecule has 0 saturated carbocycles. The number of hydrogen-bond acceptors (Lipinski definition) is 5. The number of rotatable bonds is 5. The van der Waals surface area contributed by atoms with Crippen molar-refractivity contribution in [2.75, 3.05) is 12.4 Å². The van der Waals surface area contributed by atoms with Gasteiger partial charge in [0, 0.05) is 11.6 Å². The Labute approximate surface area is 188 Å². The van der Waals surface area contributed by atoms with Gasteiger partial charge in [-0.15, -0.1) is 0 Å². The minimum absolute atomic E-state index is 0.170. The molecular weight excluding hydrogens is 443 g/mol. The SMILES string of the molecule is COc1ccc(C)cc1NC1NC(=O)/C(=C/c2ccc(-c3ccc(Cl)c(Cl)c3)o2)S1. The molecule has 5 nitrogen and oxygen atoms in total. The van der Waals surface area contributed by atoms with Crippen LogP contribution in [-0.2, 0) is 4.79 Å². The second-order valence-electron chi connectivity index (χ2n) is 6.66. The fourth-order valence-corrected chi connectivity index (χ4v) is 4.26. The Morgan fingerprint density at radius 2 is 1.97 bits per heavy atom. The van der Waals surface area contributed by atoms with Crippen LogP contribution < -0.4 is 15.4 Å². The van der Waals surface area contributed by atoms with E-state index >= 15 is 0 Å². The summed E-state index contributed by atoms with van der Waals surface area (Å²) in [6.45, 7) is 2.00. The third-order valence-corrected chi connectivity index (χ3v) is 6.24. The fraction of sp³-hybridized carbons (Fsp3) is 0.136. The zero-order valence-electron chi connectivity index (χ0n) is 16.2. The Kier molecular flexibility index (Phi) is 5.99. The third kappa shape index (κ3) is 4.46. The van der Waals surface area contributed by atoms with Crippen LogP contribution in [0.1, 0.15) is 11.3 Å². The number of carbonyl (C=O) groups is 1. The maximum atomic E-state index is 12.4. The number of furan rings is 1. The summed E-state index contributed by atoms with van der Waals surface area (Å²) < 4.78 is 11.3. The first-order valence-electron chi connectivity index (χ1n) is 9.08. The Morgan fingerprint density at radius 3 is 2.73 bits per heavy atom. The number of amides is 1. The molecule has 1 aliphatic rings. The van der Waals surface area contributed by atoms with Gasteiger partial charge in [-0.25, -0.2) is 0 Å². The van der Waals surface area contributed by atoms with Crippen molar-refractivity contribution < 1.29 is 13.9 Å². The first kappa shape index (κ1) is 20.7. The molecule has 0 radical (unpaired) electrons. The summed E-state index contributed by atoms with van der Waals surface area (Å²) in [6, 6.07) is 14.8. The molecule has 1 unspecified atom stereocenters. The topological polar surface area (TPSA) is 63.5 Å². The van der Waals surface area contributed by atoms with Crippen molar-refractivity contribution in [2.24, 2.45) is 0 Å². The maximum Gasteiger partial charge on any atom is 0.260 e. The van der Waals surface area contributed by atoms with Crippen LogP contribution in [0.5, 0.6) is 5.75 Å². The highest BCUT2D eigenvalue weighted by Crippen LogP contribution is 2.35. The van der Waals surface area contributed by atoms with Crippen LogP contribution >= 0.6 is 35.0 Å². The molecule has 1 atom stereocenters. The van der Waals surface area contributed by atoms with Gasteiger partial charge in [0.15, 0.2) is 5.50 Å². The average molecular weight is 461 g/mol. The van der Waals surface area contributed by atoms with E-state index in [2.05, 4.69) is 10.6 Å². The van der Waals surface area contributed by atoms with E-state index in [-0.39, 0.29) is 11.4 Å². The van der Waals surface area contributed by atoms with E-state index in [1.54, 1.807) is 25.3 Å². The highest BCUT2D eigenvalue weighted by molar-refractivity contribution is 8.05. The van der Waals surface area contributed by atoms with E-state index < -0.39 is 0 Å². The van der Waals surface area contributed by atoms with Crippen LogP contribution in [0.2, 0.25) is 10.0 Å². The molecule has 1 aliphatic heterocycles. The number of carbonyl (C=O) groups excluding carboxylic acids is 1. The molecule has 4 rings (SSSR count). The van der Waals surface area contributed by atoms with Gasteiger partial charge in [-0.3, -0.25) is 4.79 Å². The van der Waals surface area contributed by atoms with Crippen LogP contribution in [0.25, 0.3) is 17.4 Å². The van der Waals surface area contributed by atoms with Crippen molar-refractivity contribution in [3.05, 3.63) is 74.8 Å². The summed E-state index contributed by atoms with van der Waals surface area (Å²) in [5.74, 6) is 1.76. The summed E-state index contributed by atoms with van der Waals surface area (Å²) in [5, 5.41) is 7.15. The van der Waals surface area contributed by atoms with Gasteiger partial charge in [-0.1, -0.05) is 41.0 Å². The smallest absolute Gasteiger partial charge is 0.260 e. The van der Waals surface area contributed by atoms with Crippen molar-refractivity contribution in [1.82, 2.24) is 5.32 Å². The van der Waals surface area contributed by atoms with Crippen molar-refractivity contribution in [2.45, 2.75) is 12.4 Å².